The van der Waals surface area contributed by atoms with Crippen molar-refractivity contribution in [2.45, 2.75) is 32.6 Å². The van der Waals surface area contributed by atoms with Crippen LogP contribution in [0.15, 0.2) is 71.7 Å². The Hall–Kier alpha value is -3.78. The Morgan fingerprint density at radius 3 is 2.34 bits per heavy atom. The summed E-state index contributed by atoms with van der Waals surface area (Å²) < 4.78 is 38.5. The van der Waals surface area contributed by atoms with E-state index < -0.39 is 11.7 Å². The number of rotatable bonds is 4. The van der Waals surface area contributed by atoms with Gasteiger partial charge in [-0.1, -0.05) is 48.0 Å². The molecule has 178 valence electrons. The average Bonchev–Trinajstić information content (AvgIpc) is 2.85. The second-order valence-electron chi connectivity index (χ2n) is 8.79. The van der Waals surface area contributed by atoms with Crippen LogP contribution in [0.25, 0.3) is 22.6 Å². The van der Waals surface area contributed by atoms with Crippen molar-refractivity contribution in [1.29, 1.82) is 0 Å². The largest absolute Gasteiger partial charge is 0.416 e. The fourth-order valence-corrected chi connectivity index (χ4v) is 4.24. The molecule has 4 aromatic rings. The van der Waals surface area contributed by atoms with Crippen molar-refractivity contribution >= 4 is 0 Å². The van der Waals surface area contributed by atoms with Crippen molar-refractivity contribution in [1.82, 2.24) is 19.9 Å². The van der Waals surface area contributed by atoms with Crippen molar-refractivity contribution in [2.75, 3.05) is 6.54 Å². The summed E-state index contributed by atoms with van der Waals surface area (Å²) in [7, 11) is 0. The summed E-state index contributed by atoms with van der Waals surface area (Å²) >= 11 is 0. The van der Waals surface area contributed by atoms with E-state index in [2.05, 4.69) is 44.1 Å². The second kappa shape index (κ2) is 9.11. The maximum atomic E-state index is 12.8. The van der Waals surface area contributed by atoms with Gasteiger partial charge in [0.05, 0.1) is 22.5 Å². The van der Waals surface area contributed by atoms with Crippen molar-refractivity contribution in [3.8, 4) is 22.6 Å². The number of nitrogens with one attached hydrogen (secondary N) is 1. The number of aryl methyl sites for hydroxylation is 1. The molecule has 0 unspecified atom stereocenters. The number of aromatic nitrogens is 3. The maximum Gasteiger partial charge on any atom is 0.416 e. The highest BCUT2D eigenvalue weighted by Gasteiger charge is 2.30. The van der Waals surface area contributed by atoms with Crippen LogP contribution in [0, 0.1) is 6.92 Å². The Bertz CT molecular complexity index is 1390. The SMILES string of the molecule is Cc1ccc(-c2ccc(CN3CCc4nc(-c5ccc(C(F)(F)F)cc5)[nH]c(=O)c4C3)cn2)cc1. The molecule has 2 aromatic carbocycles. The number of hydrogen-bond acceptors (Lipinski definition) is 4. The van der Waals surface area contributed by atoms with Gasteiger partial charge in [0.15, 0.2) is 0 Å². The summed E-state index contributed by atoms with van der Waals surface area (Å²) in [6.07, 6.45) is -1.96. The van der Waals surface area contributed by atoms with E-state index in [9.17, 15) is 18.0 Å². The van der Waals surface area contributed by atoms with Gasteiger partial charge in [-0.3, -0.25) is 14.7 Å². The van der Waals surface area contributed by atoms with E-state index in [1.165, 1.54) is 17.7 Å². The molecule has 2 aromatic heterocycles. The highest BCUT2D eigenvalue weighted by Crippen LogP contribution is 2.30. The smallest absolute Gasteiger partial charge is 0.306 e. The molecule has 8 heteroatoms. The molecule has 5 rings (SSSR count). The first-order valence-electron chi connectivity index (χ1n) is 11.3. The second-order valence-corrected chi connectivity index (χ2v) is 8.79. The number of H-pyrrole nitrogens is 1. The number of alkyl halides is 3. The van der Waals surface area contributed by atoms with Gasteiger partial charge in [-0.2, -0.15) is 13.2 Å². The Morgan fingerprint density at radius 2 is 1.69 bits per heavy atom. The van der Waals surface area contributed by atoms with Crippen LogP contribution in [0.3, 0.4) is 0 Å². The number of nitrogens with zero attached hydrogens (tertiary/aromatic N) is 3. The van der Waals surface area contributed by atoms with E-state index in [4.69, 9.17) is 0 Å². The number of benzene rings is 2. The third-order valence-electron chi connectivity index (χ3n) is 6.21. The van der Waals surface area contributed by atoms with Crippen LogP contribution >= 0.6 is 0 Å². The number of fused-ring (bicyclic) bond motifs is 1. The fraction of sp³-hybridized carbons (Fsp3) is 0.222. The minimum atomic E-state index is -4.41. The summed E-state index contributed by atoms with van der Waals surface area (Å²) in [6, 6.07) is 16.9. The number of halogens is 3. The first-order chi connectivity index (χ1) is 16.8. The van der Waals surface area contributed by atoms with Crippen molar-refractivity contribution in [2.24, 2.45) is 0 Å². The monoisotopic (exact) mass is 476 g/mol. The molecule has 0 saturated carbocycles. The first-order valence-corrected chi connectivity index (χ1v) is 11.3. The van der Waals surface area contributed by atoms with Crippen molar-refractivity contribution < 1.29 is 13.2 Å². The van der Waals surface area contributed by atoms with E-state index in [0.717, 1.165) is 35.5 Å². The van der Waals surface area contributed by atoms with Gasteiger partial charge in [-0.25, -0.2) is 4.98 Å². The Kier molecular flexibility index (Phi) is 5.98. The van der Waals surface area contributed by atoms with Crippen LogP contribution in [-0.4, -0.2) is 26.4 Å². The third kappa shape index (κ3) is 5.02. The maximum absolute atomic E-state index is 12.8. The summed E-state index contributed by atoms with van der Waals surface area (Å²) in [6.45, 7) is 3.87. The van der Waals surface area contributed by atoms with Gasteiger partial charge in [-0.15, -0.1) is 0 Å². The highest BCUT2D eigenvalue weighted by atomic mass is 19.4. The number of hydrogen-bond donors (Lipinski definition) is 1. The van der Waals surface area contributed by atoms with Crippen molar-refractivity contribution in [3.05, 3.63) is 105 Å². The Morgan fingerprint density at radius 1 is 0.971 bits per heavy atom. The van der Waals surface area contributed by atoms with Crippen LogP contribution in [0.5, 0.6) is 0 Å². The summed E-state index contributed by atoms with van der Waals surface area (Å²) in [5, 5.41) is 0. The van der Waals surface area contributed by atoms with Gasteiger partial charge in [0.2, 0.25) is 0 Å². The van der Waals surface area contributed by atoms with Gasteiger partial charge >= 0.3 is 6.18 Å². The summed E-state index contributed by atoms with van der Waals surface area (Å²) in [4.78, 5) is 26.8. The van der Waals surface area contributed by atoms with Crippen LogP contribution in [0.4, 0.5) is 13.2 Å². The average molecular weight is 477 g/mol. The number of pyridine rings is 1. The molecule has 35 heavy (non-hydrogen) atoms. The van der Waals surface area contributed by atoms with Crippen LogP contribution in [0.2, 0.25) is 0 Å². The standard InChI is InChI=1S/C27H23F3N4O/c1-17-2-5-19(6-3-17)23-11-4-18(14-31-23)15-34-13-12-24-22(16-34)26(35)33-25(32-24)20-7-9-21(10-8-20)27(28,29)30/h2-11,14H,12-13,15-16H2,1H3,(H,32,33,35). The molecule has 0 saturated heterocycles. The Labute approximate surface area is 200 Å². The first kappa shape index (κ1) is 23.0. The topological polar surface area (TPSA) is 61.9 Å². The summed E-state index contributed by atoms with van der Waals surface area (Å²) in [5.74, 6) is 0.284. The zero-order chi connectivity index (χ0) is 24.6. The normalized spacial score (nSPS) is 14.1. The van der Waals surface area contributed by atoms with Crippen molar-refractivity contribution in [3.63, 3.8) is 0 Å². The molecule has 0 radical (unpaired) electrons. The minimum Gasteiger partial charge on any atom is -0.306 e. The molecule has 1 aliphatic rings. The van der Waals surface area contributed by atoms with E-state index in [1.807, 2.05) is 25.3 Å². The third-order valence-corrected chi connectivity index (χ3v) is 6.21. The lowest BCUT2D eigenvalue weighted by Gasteiger charge is -2.27. The molecular weight excluding hydrogens is 453 g/mol. The molecule has 5 nitrogen and oxygen atoms in total. The van der Waals surface area contributed by atoms with Crippen LogP contribution in [-0.2, 0) is 25.7 Å². The molecule has 0 aliphatic carbocycles. The van der Waals surface area contributed by atoms with Gasteiger partial charge in [0, 0.05) is 43.4 Å². The Balaban J connectivity index is 1.29. The predicted octanol–water partition coefficient (Wildman–Crippen LogP) is 5.38. The molecule has 0 fully saturated rings. The van der Waals surface area contributed by atoms with E-state index in [-0.39, 0.29) is 11.4 Å². The quantitative estimate of drug-likeness (QED) is 0.429. The van der Waals surface area contributed by atoms with Gasteiger partial charge in [0.1, 0.15) is 5.82 Å². The van der Waals surface area contributed by atoms with Crippen LogP contribution in [0.1, 0.15) is 27.9 Å². The van der Waals surface area contributed by atoms with E-state index in [0.29, 0.717) is 36.3 Å². The van der Waals surface area contributed by atoms with Gasteiger partial charge in [0.25, 0.3) is 5.56 Å². The van der Waals surface area contributed by atoms with E-state index >= 15 is 0 Å². The minimum absolute atomic E-state index is 0.262. The molecule has 0 bridgehead atoms. The lowest BCUT2D eigenvalue weighted by atomic mass is 10.0. The number of aromatic amines is 1. The zero-order valence-corrected chi connectivity index (χ0v) is 19.1. The van der Waals surface area contributed by atoms with Crippen LogP contribution < -0.4 is 5.56 Å². The molecular formula is C27H23F3N4O. The molecule has 1 aliphatic heterocycles. The molecule has 0 spiro atoms. The lowest BCUT2D eigenvalue weighted by molar-refractivity contribution is -0.137. The van der Waals surface area contributed by atoms with E-state index in [1.54, 1.807) is 0 Å². The fourth-order valence-electron chi connectivity index (χ4n) is 4.24. The highest BCUT2D eigenvalue weighted by molar-refractivity contribution is 5.59. The predicted molar refractivity (Wildman–Crippen MR) is 128 cm³/mol. The van der Waals surface area contributed by atoms with Gasteiger partial charge in [-0.05, 0) is 30.7 Å². The molecule has 3 heterocycles. The lowest BCUT2D eigenvalue weighted by Crippen LogP contribution is -2.35. The molecule has 0 atom stereocenters. The molecule has 1 N–H and O–H groups in total. The molecule has 0 amide bonds. The summed E-state index contributed by atoms with van der Waals surface area (Å²) in [5.41, 5.74) is 4.96. The van der Waals surface area contributed by atoms with Gasteiger partial charge < -0.3 is 4.98 Å². The zero-order valence-electron chi connectivity index (χ0n) is 19.1.